The highest BCUT2D eigenvalue weighted by Gasteiger charge is 2.21. The summed E-state index contributed by atoms with van der Waals surface area (Å²) in [5.41, 5.74) is 2.07. The topological polar surface area (TPSA) is 82.5 Å². The van der Waals surface area contributed by atoms with Crippen molar-refractivity contribution >= 4 is 23.2 Å². The van der Waals surface area contributed by atoms with Gasteiger partial charge in [-0.15, -0.1) is 11.3 Å². The van der Waals surface area contributed by atoms with Crippen molar-refractivity contribution in [3.8, 4) is 0 Å². The number of carbonyl (C=O) groups is 2. The molecule has 1 amide bonds. The molecule has 3 rings (SSSR count). The minimum absolute atomic E-state index is 0.0260. The quantitative estimate of drug-likeness (QED) is 0.763. The summed E-state index contributed by atoms with van der Waals surface area (Å²) >= 11 is 1.56. The van der Waals surface area contributed by atoms with E-state index in [1.165, 1.54) is 0 Å². The van der Waals surface area contributed by atoms with Crippen molar-refractivity contribution in [1.29, 1.82) is 0 Å². The SMILES string of the molecule is Cc1nc(CC(=O)NCC2CCN(Cc3ccccc3C(=O)O)CC2)cs1. The summed E-state index contributed by atoms with van der Waals surface area (Å²) in [7, 11) is 0. The molecule has 0 aliphatic carbocycles. The number of carboxylic acids is 1. The van der Waals surface area contributed by atoms with Crippen LogP contribution in [0.3, 0.4) is 0 Å². The van der Waals surface area contributed by atoms with Gasteiger partial charge in [0.15, 0.2) is 0 Å². The fourth-order valence-electron chi connectivity index (χ4n) is 3.43. The van der Waals surface area contributed by atoms with Crippen LogP contribution in [0.5, 0.6) is 0 Å². The summed E-state index contributed by atoms with van der Waals surface area (Å²) in [4.78, 5) is 30.0. The first-order valence-electron chi connectivity index (χ1n) is 9.22. The zero-order chi connectivity index (χ0) is 19.2. The minimum Gasteiger partial charge on any atom is -0.478 e. The molecule has 27 heavy (non-hydrogen) atoms. The van der Waals surface area contributed by atoms with E-state index in [1.807, 2.05) is 24.4 Å². The maximum atomic E-state index is 12.1. The summed E-state index contributed by atoms with van der Waals surface area (Å²) in [5.74, 6) is -0.381. The predicted octanol–water partition coefficient (Wildman–Crippen LogP) is 2.72. The molecule has 0 bridgehead atoms. The molecule has 1 aliphatic rings. The Morgan fingerprint density at radius 1 is 1.30 bits per heavy atom. The van der Waals surface area contributed by atoms with E-state index in [-0.39, 0.29) is 5.91 Å². The molecule has 2 aromatic rings. The van der Waals surface area contributed by atoms with Crippen LogP contribution in [-0.2, 0) is 17.8 Å². The third-order valence-electron chi connectivity index (χ3n) is 4.95. The summed E-state index contributed by atoms with van der Waals surface area (Å²) in [5, 5.41) is 15.2. The number of carbonyl (C=O) groups excluding carboxylic acids is 1. The highest BCUT2D eigenvalue weighted by atomic mass is 32.1. The second kappa shape index (κ2) is 9.10. The molecule has 0 unspecified atom stereocenters. The molecular formula is C20H25N3O3S. The van der Waals surface area contributed by atoms with Crippen molar-refractivity contribution in [1.82, 2.24) is 15.2 Å². The van der Waals surface area contributed by atoms with Crippen LogP contribution in [0.2, 0.25) is 0 Å². The number of aryl methyl sites for hydroxylation is 1. The van der Waals surface area contributed by atoms with E-state index in [0.29, 0.717) is 31.0 Å². The van der Waals surface area contributed by atoms with Gasteiger partial charge in [-0.2, -0.15) is 0 Å². The number of nitrogens with one attached hydrogen (secondary N) is 1. The molecule has 1 aliphatic heterocycles. The Balaban J connectivity index is 1.41. The van der Waals surface area contributed by atoms with Crippen LogP contribution in [0.25, 0.3) is 0 Å². The summed E-state index contributed by atoms with van der Waals surface area (Å²) in [6.07, 6.45) is 2.35. The van der Waals surface area contributed by atoms with Crippen LogP contribution in [0.15, 0.2) is 29.6 Å². The van der Waals surface area contributed by atoms with Crippen molar-refractivity contribution in [2.75, 3.05) is 19.6 Å². The largest absolute Gasteiger partial charge is 0.478 e. The predicted molar refractivity (Wildman–Crippen MR) is 105 cm³/mol. The molecular weight excluding hydrogens is 362 g/mol. The Hall–Kier alpha value is -2.25. The number of carboxylic acid groups (broad SMARTS) is 1. The molecule has 1 aromatic heterocycles. The Morgan fingerprint density at radius 2 is 2.04 bits per heavy atom. The minimum atomic E-state index is -0.876. The maximum Gasteiger partial charge on any atom is 0.336 e. The number of thiazole rings is 1. The molecule has 0 radical (unpaired) electrons. The number of likely N-dealkylation sites (tertiary alicyclic amines) is 1. The smallest absolute Gasteiger partial charge is 0.336 e. The number of nitrogens with zero attached hydrogens (tertiary/aromatic N) is 2. The molecule has 0 atom stereocenters. The number of aromatic carboxylic acids is 1. The van der Waals surface area contributed by atoms with Gasteiger partial charge in [0.05, 0.1) is 22.7 Å². The van der Waals surface area contributed by atoms with Gasteiger partial charge >= 0.3 is 5.97 Å². The van der Waals surface area contributed by atoms with E-state index in [0.717, 1.165) is 42.2 Å². The highest BCUT2D eigenvalue weighted by Crippen LogP contribution is 2.20. The lowest BCUT2D eigenvalue weighted by molar-refractivity contribution is -0.120. The van der Waals surface area contributed by atoms with Gasteiger partial charge in [-0.25, -0.2) is 9.78 Å². The average Bonchev–Trinajstić information content (AvgIpc) is 3.06. The van der Waals surface area contributed by atoms with Gasteiger partial charge in [0.2, 0.25) is 5.91 Å². The monoisotopic (exact) mass is 387 g/mol. The van der Waals surface area contributed by atoms with Crippen molar-refractivity contribution < 1.29 is 14.7 Å². The number of amides is 1. The first kappa shape index (κ1) is 19.5. The molecule has 1 saturated heterocycles. The Morgan fingerprint density at radius 3 is 2.70 bits per heavy atom. The van der Waals surface area contributed by atoms with E-state index in [9.17, 15) is 14.7 Å². The van der Waals surface area contributed by atoms with Gasteiger partial charge in [0.1, 0.15) is 0 Å². The fraction of sp³-hybridized carbons (Fsp3) is 0.450. The second-order valence-electron chi connectivity index (χ2n) is 7.02. The lowest BCUT2D eigenvalue weighted by Crippen LogP contribution is -2.38. The average molecular weight is 388 g/mol. The summed E-state index contributed by atoms with van der Waals surface area (Å²) in [6.45, 7) is 5.13. The number of aromatic nitrogens is 1. The number of hydrogen-bond donors (Lipinski definition) is 2. The highest BCUT2D eigenvalue weighted by molar-refractivity contribution is 7.09. The van der Waals surface area contributed by atoms with Gasteiger partial charge in [-0.05, 0) is 50.4 Å². The Bertz CT molecular complexity index is 797. The van der Waals surface area contributed by atoms with Crippen LogP contribution in [0.4, 0.5) is 0 Å². The number of rotatable bonds is 7. The Kier molecular flexibility index (Phi) is 6.58. The van der Waals surface area contributed by atoms with E-state index in [1.54, 1.807) is 23.5 Å². The molecule has 2 N–H and O–H groups in total. The van der Waals surface area contributed by atoms with E-state index < -0.39 is 5.97 Å². The number of piperidine rings is 1. The number of benzene rings is 1. The molecule has 0 spiro atoms. The van der Waals surface area contributed by atoms with E-state index in [2.05, 4.69) is 15.2 Å². The molecule has 144 valence electrons. The van der Waals surface area contributed by atoms with Gasteiger partial charge < -0.3 is 10.4 Å². The molecule has 1 fully saturated rings. The van der Waals surface area contributed by atoms with Crippen LogP contribution in [0.1, 0.15) is 39.5 Å². The van der Waals surface area contributed by atoms with Crippen LogP contribution in [0, 0.1) is 12.8 Å². The normalized spacial score (nSPS) is 15.6. The zero-order valence-electron chi connectivity index (χ0n) is 15.5. The molecule has 2 heterocycles. The van der Waals surface area contributed by atoms with Gasteiger partial charge in [0, 0.05) is 18.5 Å². The van der Waals surface area contributed by atoms with Gasteiger partial charge in [-0.1, -0.05) is 18.2 Å². The Labute approximate surface area is 163 Å². The molecule has 6 nitrogen and oxygen atoms in total. The standard InChI is InChI=1S/C20H25N3O3S/c1-14-22-17(13-27-14)10-19(24)21-11-15-6-8-23(9-7-15)12-16-4-2-3-5-18(16)20(25)26/h2-5,13,15H,6-12H2,1H3,(H,21,24)(H,25,26). The fourth-order valence-corrected chi connectivity index (χ4v) is 4.04. The third-order valence-corrected chi connectivity index (χ3v) is 5.77. The van der Waals surface area contributed by atoms with Crippen molar-refractivity contribution in [3.05, 3.63) is 51.5 Å². The second-order valence-corrected chi connectivity index (χ2v) is 8.08. The first-order valence-corrected chi connectivity index (χ1v) is 10.1. The number of hydrogen-bond acceptors (Lipinski definition) is 5. The summed E-state index contributed by atoms with van der Waals surface area (Å²) in [6, 6.07) is 7.18. The van der Waals surface area contributed by atoms with Crippen molar-refractivity contribution in [2.24, 2.45) is 5.92 Å². The van der Waals surface area contributed by atoms with Crippen molar-refractivity contribution in [3.63, 3.8) is 0 Å². The first-order chi connectivity index (χ1) is 13.0. The van der Waals surface area contributed by atoms with Crippen LogP contribution in [-0.4, -0.2) is 46.5 Å². The van der Waals surface area contributed by atoms with E-state index in [4.69, 9.17) is 0 Å². The summed E-state index contributed by atoms with van der Waals surface area (Å²) < 4.78 is 0. The zero-order valence-corrected chi connectivity index (χ0v) is 16.3. The van der Waals surface area contributed by atoms with Crippen molar-refractivity contribution in [2.45, 2.75) is 32.7 Å². The van der Waals surface area contributed by atoms with Gasteiger partial charge in [0.25, 0.3) is 0 Å². The van der Waals surface area contributed by atoms with Crippen LogP contribution < -0.4 is 5.32 Å². The lowest BCUT2D eigenvalue weighted by atomic mass is 9.96. The molecule has 7 heteroatoms. The van der Waals surface area contributed by atoms with E-state index >= 15 is 0 Å². The van der Waals surface area contributed by atoms with Gasteiger partial charge in [-0.3, -0.25) is 9.69 Å². The molecule has 0 saturated carbocycles. The molecule has 1 aromatic carbocycles. The van der Waals surface area contributed by atoms with Crippen LogP contribution >= 0.6 is 11.3 Å². The lowest BCUT2D eigenvalue weighted by Gasteiger charge is -2.32. The maximum absolute atomic E-state index is 12.1. The third kappa shape index (κ3) is 5.61.